The lowest BCUT2D eigenvalue weighted by Gasteiger charge is -2.06. The van der Waals surface area contributed by atoms with Crippen molar-refractivity contribution in [1.29, 1.82) is 0 Å². The Bertz CT molecular complexity index is 1090. The molecule has 3 aromatic heterocycles. The van der Waals surface area contributed by atoms with E-state index in [1.54, 1.807) is 11.3 Å². The fraction of sp³-hybridized carbons (Fsp3) is 0.111. The number of anilines is 2. The van der Waals surface area contributed by atoms with Gasteiger partial charge in [-0.05, 0) is 49.7 Å². The van der Waals surface area contributed by atoms with E-state index in [0.29, 0.717) is 5.02 Å². The minimum absolute atomic E-state index is 0. The first-order chi connectivity index (χ1) is 12.0. The maximum Gasteiger partial charge on any atom is 0.187 e. The number of nitrogens with one attached hydrogen (secondary N) is 1. The van der Waals surface area contributed by atoms with Crippen LogP contribution in [0.25, 0.3) is 17.0 Å². The van der Waals surface area contributed by atoms with Crippen molar-refractivity contribution < 1.29 is 0 Å². The molecule has 0 spiro atoms. The van der Waals surface area contributed by atoms with Crippen molar-refractivity contribution in [2.24, 2.45) is 0 Å². The van der Waals surface area contributed by atoms with Gasteiger partial charge >= 0.3 is 0 Å². The summed E-state index contributed by atoms with van der Waals surface area (Å²) in [4.78, 5) is 9.33. The minimum Gasteiger partial charge on any atom is -0.331 e. The minimum atomic E-state index is 0. The molecule has 0 aliphatic heterocycles. The molecule has 0 saturated heterocycles. The third-order valence-corrected chi connectivity index (χ3v) is 5.41. The van der Waals surface area contributed by atoms with Gasteiger partial charge in [-0.1, -0.05) is 27.5 Å². The van der Waals surface area contributed by atoms with E-state index in [4.69, 9.17) is 16.6 Å². The van der Waals surface area contributed by atoms with E-state index >= 15 is 0 Å². The van der Waals surface area contributed by atoms with Crippen molar-refractivity contribution in [3.05, 3.63) is 62.7 Å². The number of fused-ring (bicyclic) bond motifs is 1. The summed E-state index contributed by atoms with van der Waals surface area (Å²) in [5.41, 5.74) is 5.84. The first kappa shape index (κ1) is 19.4. The third-order valence-electron chi connectivity index (χ3n) is 3.93. The van der Waals surface area contributed by atoms with Crippen LogP contribution >= 0.6 is 55.8 Å². The molecule has 0 unspecified atom stereocenters. The number of rotatable bonds is 3. The van der Waals surface area contributed by atoms with Crippen LogP contribution in [0, 0.1) is 13.8 Å². The molecule has 0 fully saturated rings. The lowest BCUT2D eigenvalue weighted by Crippen LogP contribution is -1.94. The smallest absolute Gasteiger partial charge is 0.187 e. The number of halogens is 3. The first-order valence-electron chi connectivity index (χ1n) is 7.64. The van der Waals surface area contributed by atoms with Crippen LogP contribution in [0.15, 0.2) is 46.4 Å². The van der Waals surface area contributed by atoms with Gasteiger partial charge in [-0.2, -0.15) is 0 Å². The number of aryl methyl sites for hydroxylation is 2. The molecule has 0 atom stereocenters. The number of benzene rings is 1. The molecule has 1 N–H and O–H groups in total. The monoisotopic (exact) mass is 512 g/mol. The average molecular weight is 515 g/mol. The van der Waals surface area contributed by atoms with Crippen LogP contribution in [0.1, 0.15) is 11.3 Å². The number of aromatic nitrogens is 3. The molecular weight excluding hydrogens is 500 g/mol. The molecule has 0 aliphatic rings. The number of hydrogen-bond acceptors (Lipinski definition) is 4. The maximum atomic E-state index is 6.15. The first-order valence-corrected chi connectivity index (χ1v) is 9.69. The molecule has 0 radical (unpaired) electrons. The van der Waals surface area contributed by atoms with E-state index in [2.05, 4.69) is 39.2 Å². The van der Waals surface area contributed by atoms with Crippen LogP contribution in [-0.2, 0) is 0 Å². The predicted molar refractivity (Wildman–Crippen MR) is 119 cm³/mol. The van der Waals surface area contributed by atoms with E-state index in [1.165, 1.54) is 0 Å². The fourth-order valence-corrected chi connectivity index (χ4v) is 4.11. The Morgan fingerprint density at radius 1 is 1.15 bits per heavy atom. The Kier molecular flexibility index (Phi) is 5.72. The second kappa shape index (κ2) is 7.68. The lowest BCUT2D eigenvalue weighted by atomic mass is 10.2. The SMILES string of the molecule is Br.Cc1cc(Br)ccc1Nc1nc(-c2c(C)nc3ccc(Cl)cn23)cs1. The van der Waals surface area contributed by atoms with E-state index in [1.807, 2.05) is 47.2 Å². The highest BCUT2D eigenvalue weighted by Gasteiger charge is 2.15. The Balaban J connectivity index is 0.00000196. The third kappa shape index (κ3) is 3.67. The van der Waals surface area contributed by atoms with Gasteiger partial charge in [0.25, 0.3) is 0 Å². The molecule has 4 rings (SSSR count). The Morgan fingerprint density at radius 3 is 2.73 bits per heavy atom. The second-order valence-corrected chi connectivity index (χ2v) is 7.95. The highest BCUT2D eigenvalue weighted by atomic mass is 79.9. The summed E-state index contributed by atoms with van der Waals surface area (Å²) in [6, 6.07) is 9.89. The van der Waals surface area contributed by atoms with Gasteiger partial charge in [0, 0.05) is 21.7 Å². The molecule has 134 valence electrons. The quantitative estimate of drug-likeness (QED) is 0.327. The van der Waals surface area contributed by atoms with Gasteiger partial charge in [-0.3, -0.25) is 4.40 Å². The van der Waals surface area contributed by atoms with Gasteiger partial charge in [0.05, 0.1) is 16.4 Å². The number of nitrogens with zero attached hydrogens (tertiary/aromatic N) is 3. The highest BCUT2D eigenvalue weighted by Crippen LogP contribution is 2.31. The van der Waals surface area contributed by atoms with E-state index < -0.39 is 0 Å². The number of imidazole rings is 1. The summed E-state index contributed by atoms with van der Waals surface area (Å²) in [5, 5.41) is 6.94. The molecule has 0 saturated carbocycles. The van der Waals surface area contributed by atoms with E-state index in [9.17, 15) is 0 Å². The molecule has 0 amide bonds. The van der Waals surface area contributed by atoms with Crippen molar-refractivity contribution in [2.45, 2.75) is 13.8 Å². The van der Waals surface area contributed by atoms with Gasteiger partial charge in [0.15, 0.2) is 5.13 Å². The molecule has 4 nitrogen and oxygen atoms in total. The fourth-order valence-electron chi connectivity index (χ4n) is 2.77. The number of pyridine rings is 1. The summed E-state index contributed by atoms with van der Waals surface area (Å²) in [6.07, 6.45) is 1.87. The maximum absolute atomic E-state index is 6.15. The topological polar surface area (TPSA) is 42.2 Å². The van der Waals surface area contributed by atoms with E-state index in [-0.39, 0.29) is 17.0 Å². The van der Waals surface area contributed by atoms with Crippen LogP contribution in [0.4, 0.5) is 10.8 Å². The highest BCUT2D eigenvalue weighted by molar-refractivity contribution is 9.10. The summed E-state index contributed by atoms with van der Waals surface area (Å²) in [6.45, 7) is 4.06. The summed E-state index contributed by atoms with van der Waals surface area (Å²) < 4.78 is 3.05. The van der Waals surface area contributed by atoms with Gasteiger partial charge in [-0.15, -0.1) is 28.3 Å². The number of thiazole rings is 1. The molecule has 8 heteroatoms. The largest absolute Gasteiger partial charge is 0.331 e. The van der Waals surface area contributed by atoms with Gasteiger partial charge in [-0.25, -0.2) is 9.97 Å². The molecule has 4 aromatic rings. The molecule has 26 heavy (non-hydrogen) atoms. The predicted octanol–water partition coefficient (Wildman–Crippen LogP) is 6.81. The summed E-state index contributed by atoms with van der Waals surface area (Å²) in [5.74, 6) is 0. The molecule has 3 heterocycles. The van der Waals surface area contributed by atoms with Crippen LogP contribution in [0.3, 0.4) is 0 Å². The standard InChI is InChI=1S/C18H14BrClN4S.BrH/c1-10-7-12(19)3-5-14(10)22-18-23-15(9-25-18)17-11(2)21-16-6-4-13(20)8-24(16)17;/h3-9H,1-2H3,(H,22,23);1H. The molecular formula is C18H15Br2ClN4S. The average Bonchev–Trinajstić information content (AvgIpc) is 3.13. The van der Waals surface area contributed by atoms with Crippen molar-refractivity contribution in [3.8, 4) is 11.4 Å². The zero-order valence-corrected chi connectivity index (χ0v) is 18.8. The molecule has 0 aliphatic carbocycles. The Morgan fingerprint density at radius 2 is 1.96 bits per heavy atom. The van der Waals surface area contributed by atoms with Gasteiger partial charge in [0.2, 0.25) is 0 Å². The van der Waals surface area contributed by atoms with Crippen molar-refractivity contribution in [2.75, 3.05) is 5.32 Å². The van der Waals surface area contributed by atoms with Crippen molar-refractivity contribution >= 4 is 72.3 Å². The molecule has 1 aromatic carbocycles. The zero-order valence-electron chi connectivity index (χ0n) is 14.0. The summed E-state index contributed by atoms with van der Waals surface area (Å²) >= 11 is 11.2. The normalized spacial score (nSPS) is 10.8. The Labute approximate surface area is 179 Å². The second-order valence-electron chi connectivity index (χ2n) is 5.74. The zero-order chi connectivity index (χ0) is 17.6. The van der Waals surface area contributed by atoms with E-state index in [0.717, 1.165) is 43.6 Å². The van der Waals surface area contributed by atoms with Crippen molar-refractivity contribution in [3.63, 3.8) is 0 Å². The molecule has 0 bridgehead atoms. The van der Waals surface area contributed by atoms with Gasteiger partial charge < -0.3 is 5.32 Å². The van der Waals surface area contributed by atoms with Crippen molar-refractivity contribution in [1.82, 2.24) is 14.4 Å². The number of hydrogen-bond donors (Lipinski definition) is 1. The Hall–Kier alpha value is -1.41. The van der Waals surface area contributed by atoms with Crippen LogP contribution in [-0.4, -0.2) is 14.4 Å². The van der Waals surface area contributed by atoms with Crippen LogP contribution in [0.2, 0.25) is 5.02 Å². The van der Waals surface area contributed by atoms with Crippen LogP contribution < -0.4 is 5.32 Å². The lowest BCUT2D eigenvalue weighted by molar-refractivity contribution is 1.17. The van der Waals surface area contributed by atoms with Crippen LogP contribution in [0.5, 0.6) is 0 Å². The summed E-state index contributed by atoms with van der Waals surface area (Å²) in [7, 11) is 0. The van der Waals surface area contributed by atoms with Gasteiger partial charge in [0.1, 0.15) is 11.3 Å².